The summed E-state index contributed by atoms with van der Waals surface area (Å²) in [5.41, 5.74) is 7.65. The molecule has 1 heterocycles. The van der Waals surface area contributed by atoms with Crippen molar-refractivity contribution in [1.29, 1.82) is 0 Å². The Morgan fingerprint density at radius 1 is 1.31 bits per heavy atom. The number of anilines is 1. The van der Waals surface area contributed by atoms with E-state index in [4.69, 9.17) is 10.8 Å². The number of nitrogens with zero attached hydrogens (tertiary/aromatic N) is 2. The van der Waals surface area contributed by atoms with Crippen molar-refractivity contribution in [3.05, 3.63) is 33.9 Å². The van der Waals surface area contributed by atoms with Crippen LogP contribution in [0.5, 0.6) is 0 Å². The average molecular weight is 329 g/mol. The van der Waals surface area contributed by atoms with Crippen LogP contribution in [-0.2, 0) is 6.54 Å². The molecule has 0 fully saturated rings. The summed E-state index contributed by atoms with van der Waals surface area (Å²) >= 11 is 2.26. The molecule has 0 aliphatic rings. The zero-order chi connectivity index (χ0) is 11.5. The minimum absolute atomic E-state index is 0.0397. The maximum absolute atomic E-state index is 8.84. The van der Waals surface area contributed by atoms with Gasteiger partial charge in [0, 0.05) is 15.2 Å². The third-order valence-electron chi connectivity index (χ3n) is 2.26. The molecule has 0 unspecified atom stereocenters. The number of halogens is 1. The Balaban J connectivity index is 2.33. The average Bonchev–Trinajstić information content (AvgIpc) is 2.62. The Hall–Kier alpha value is -1.08. The fourth-order valence-corrected chi connectivity index (χ4v) is 1.83. The maximum atomic E-state index is 8.84. The van der Waals surface area contributed by atoms with E-state index in [-0.39, 0.29) is 6.61 Å². The number of hydrogen-bond acceptors (Lipinski definition) is 3. The normalized spacial score (nSPS) is 10.6. The van der Waals surface area contributed by atoms with Gasteiger partial charge in [-0.2, -0.15) is 5.10 Å². The molecule has 1 aromatic carbocycles. The lowest BCUT2D eigenvalue weighted by Crippen LogP contribution is -2.07. The number of nitrogen functional groups attached to an aromatic ring is 1. The lowest BCUT2D eigenvalue weighted by atomic mass is 10.2. The largest absolute Gasteiger partial charge is 0.394 e. The SMILES string of the molecule is Nc1cc(-c2ccc(I)cc2)nn1CCO. The van der Waals surface area contributed by atoms with Gasteiger partial charge in [-0.15, -0.1) is 0 Å². The van der Waals surface area contributed by atoms with Crippen LogP contribution in [0.4, 0.5) is 5.82 Å². The number of aromatic nitrogens is 2. The van der Waals surface area contributed by atoms with E-state index in [1.54, 1.807) is 4.68 Å². The highest BCUT2D eigenvalue weighted by atomic mass is 127. The second kappa shape index (κ2) is 4.84. The van der Waals surface area contributed by atoms with Crippen LogP contribution < -0.4 is 5.73 Å². The summed E-state index contributed by atoms with van der Waals surface area (Å²) in [6.07, 6.45) is 0. The summed E-state index contributed by atoms with van der Waals surface area (Å²) in [5.74, 6) is 0.572. The van der Waals surface area contributed by atoms with E-state index in [9.17, 15) is 0 Å². The monoisotopic (exact) mass is 329 g/mol. The quantitative estimate of drug-likeness (QED) is 0.843. The standard InChI is InChI=1S/C11H12IN3O/c12-9-3-1-8(2-4-9)10-7-11(13)15(14-10)5-6-16/h1-4,7,16H,5-6,13H2. The van der Waals surface area contributed by atoms with Crippen molar-refractivity contribution in [2.24, 2.45) is 0 Å². The first-order chi connectivity index (χ1) is 7.70. The highest BCUT2D eigenvalue weighted by Crippen LogP contribution is 2.21. The van der Waals surface area contributed by atoms with Gasteiger partial charge in [0.05, 0.1) is 18.8 Å². The minimum Gasteiger partial charge on any atom is -0.394 e. The lowest BCUT2D eigenvalue weighted by Gasteiger charge is -1.99. The molecule has 3 N–H and O–H groups in total. The van der Waals surface area contributed by atoms with Crippen molar-refractivity contribution in [1.82, 2.24) is 9.78 Å². The second-order valence-electron chi connectivity index (χ2n) is 3.41. The topological polar surface area (TPSA) is 64.1 Å². The molecule has 4 nitrogen and oxygen atoms in total. The molecule has 0 amide bonds. The van der Waals surface area contributed by atoms with E-state index >= 15 is 0 Å². The van der Waals surface area contributed by atoms with Crippen molar-refractivity contribution in [2.45, 2.75) is 6.54 Å². The first-order valence-electron chi connectivity index (χ1n) is 4.91. The highest BCUT2D eigenvalue weighted by molar-refractivity contribution is 14.1. The van der Waals surface area contributed by atoms with Gasteiger partial charge in [-0.25, -0.2) is 4.68 Å². The minimum atomic E-state index is 0.0397. The molecule has 2 aromatic rings. The summed E-state index contributed by atoms with van der Waals surface area (Å²) in [7, 11) is 0. The molecule has 0 saturated carbocycles. The van der Waals surface area contributed by atoms with E-state index in [0.29, 0.717) is 12.4 Å². The summed E-state index contributed by atoms with van der Waals surface area (Å²) in [4.78, 5) is 0. The molecule has 0 bridgehead atoms. The molecular formula is C11H12IN3O. The number of aliphatic hydroxyl groups excluding tert-OH is 1. The molecule has 0 atom stereocenters. The van der Waals surface area contributed by atoms with Crippen LogP contribution in [0.3, 0.4) is 0 Å². The summed E-state index contributed by atoms with van der Waals surface area (Å²) in [6.45, 7) is 0.466. The Morgan fingerprint density at radius 2 is 2.00 bits per heavy atom. The first-order valence-corrected chi connectivity index (χ1v) is 5.98. The maximum Gasteiger partial charge on any atom is 0.122 e. The number of aliphatic hydroxyl groups is 1. The molecule has 0 radical (unpaired) electrons. The van der Waals surface area contributed by atoms with Gasteiger partial charge in [-0.05, 0) is 34.7 Å². The Kier molecular flexibility index (Phi) is 3.45. The number of hydrogen-bond donors (Lipinski definition) is 2. The summed E-state index contributed by atoms with van der Waals surface area (Å²) in [6, 6.07) is 9.88. The zero-order valence-electron chi connectivity index (χ0n) is 8.60. The fraction of sp³-hybridized carbons (Fsp3) is 0.182. The third-order valence-corrected chi connectivity index (χ3v) is 2.98. The van der Waals surface area contributed by atoms with E-state index in [2.05, 4.69) is 27.7 Å². The number of nitrogens with two attached hydrogens (primary N) is 1. The van der Waals surface area contributed by atoms with Crippen LogP contribution in [0.1, 0.15) is 0 Å². The summed E-state index contributed by atoms with van der Waals surface area (Å²) < 4.78 is 2.79. The van der Waals surface area contributed by atoms with E-state index in [1.807, 2.05) is 30.3 Å². The van der Waals surface area contributed by atoms with Crippen LogP contribution in [0.2, 0.25) is 0 Å². The van der Waals surface area contributed by atoms with Crippen LogP contribution in [0.15, 0.2) is 30.3 Å². The van der Waals surface area contributed by atoms with Gasteiger partial charge in [-0.1, -0.05) is 12.1 Å². The van der Waals surface area contributed by atoms with E-state index < -0.39 is 0 Å². The van der Waals surface area contributed by atoms with Crippen LogP contribution >= 0.6 is 22.6 Å². The van der Waals surface area contributed by atoms with E-state index in [1.165, 1.54) is 3.57 Å². The van der Waals surface area contributed by atoms with Gasteiger partial charge < -0.3 is 10.8 Å². The molecule has 2 rings (SSSR count). The van der Waals surface area contributed by atoms with Crippen molar-refractivity contribution >= 4 is 28.4 Å². The van der Waals surface area contributed by atoms with Gasteiger partial charge in [-0.3, -0.25) is 0 Å². The molecular weight excluding hydrogens is 317 g/mol. The van der Waals surface area contributed by atoms with Gasteiger partial charge in [0.1, 0.15) is 5.82 Å². The van der Waals surface area contributed by atoms with Crippen molar-refractivity contribution < 1.29 is 5.11 Å². The van der Waals surface area contributed by atoms with Gasteiger partial charge in [0.15, 0.2) is 0 Å². The third kappa shape index (κ3) is 2.35. The van der Waals surface area contributed by atoms with Crippen LogP contribution in [0.25, 0.3) is 11.3 Å². The fourth-order valence-electron chi connectivity index (χ4n) is 1.47. The highest BCUT2D eigenvalue weighted by Gasteiger charge is 2.06. The molecule has 0 aliphatic heterocycles. The van der Waals surface area contributed by atoms with Crippen LogP contribution in [-0.4, -0.2) is 21.5 Å². The molecule has 0 spiro atoms. The van der Waals surface area contributed by atoms with Gasteiger partial charge >= 0.3 is 0 Å². The molecule has 0 aliphatic carbocycles. The van der Waals surface area contributed by atoms with Crippen molar-refractivity contribution in [3.8, 4) is 11.3 Å². The molecule has 5 heteroatoms. The van der Waals surface area contributed by atoms with Gasteiger partial charge in [0.2, 0.25) is 0 Å². The Bertz CT molecular complexity index is 478. The zero-order valence-corrected chi connectivity index (χ0v) is 10.8. The van der Waals surface area contributed by atoms with Gasteiger partial charge in [0.25, 0.3) is 0 Å². The Labute approximate surface area is 107 Å². The number of rotatable bonds is 3. The number of benzene rings is 1. The van der Waals surface area contributed by atoms with E-state index in [0.717, 1.165) is 11.3 Å². The lowest BCUT2D eigenvalue weighted by molar-refractivity contribution is 0.270. The molecule has 0 saturated heterocycles. The molecule has 84 valence electrons. The van der Waals surface area contributed by atoms with Crippen molar-refractivity contribution in [3.63, 3.8) is 0 Å². The molecule has 16 heavy (non-hydrogen) atoms. The predicted molar refractivity (Wildman–Crippen MR) is 71.9 cm³/mol. The summed E-state index contributed by atoms with van der Waals surface area (Å²) in [5, 5.41) is 13.2. The van der Waals surface area contributed by atoms with Crippen LogP contribution in [0, 0.1) is 3.57 Å². The van der Waals surface area contributed by atoms with Crippen molar-refractivity contribution in [2.75, 3.05) is 12.3 Å². The Morgan fingerprint density at radius 3 is 2.62 bits per heavy atom. The molecule has 1 aromatic heterocycles. The second-order valence-corrected chi connectivity index (χ2v) is 4.65. The predicted octanol–water partition coefficient (Wildman–Crippen LogP) is 1.73. The first kappa shape index (κ1) is 11.4. The smallest absolute Gasteiger partial charge is 0.122 e.